The lowest BCUT2D eigenvalue weighted by atomic mass is 9.83. The van der Waals surface area contributed by atoms with Gasteiger partial charge in [-0.3, -0.25) is 29.3 Å². The maximum absolute atomic E-state index is 15.0. The zero-order chi connectivity index (χ0) is 75.2. The molecule has 2 aromatic heterocycles. The number of esters is 1. The summed E-state index contributed by atoms with van der Waals surface area (Å²) in [5, 5.41) is 26.8. The Morgan fingerprint density at radius 3 is 2.45 bits per heavy atom. The predicted molar refractivity (Wildman–Crippen MR) is 400 cm³/mol. The minimum atomic E-state index is -1.88. The van der Waals surface area contributed by atoms with Crippen LogP contribution in [-0.2, 0) is 58.9 Å². The fourth-order valence-electron chi connectivity index (χ4n) is 12.9. The summed E-state index contributed by atoms with van der Waals surface area (Å²) in [6.45, 7) is 11.0. The second kappa shape index (κ2) is 36.5. The summed E-state index contributed by atoms with van der Waals surface area (Å²) in [6, 6.07) is 11.6. The molecule has 3 fully saturated rings. The third-order valence-corrected chi connectivity index (χ3v) is 22.0. The standard InChI is InChI=1S/C72H94Cl2FN13O14S2/c1-40-11-10-12-56(98-9)72(96)38-55(100-70(95)85-72)42(3)65-71(5,102-65)57(37-61(92)87(7)53-32-44(29-40)33-54(97-8)63(53)74)101-69(94)43(4)86(6)60(91)18-27-103-104-28-22-79-58(89)17-25-99-26-21-78-59(90)36-50(77)68(93)81-20-19-80-66-62(67-83-51-14-13-46(73)35-52(51)84-67)64(88-23-15-48(76)16-24-88)49(39-82-66)45-30-41(2)31-47(75)34-45/h10-14,30-35,39,42-43,48,50,55-57,65,96H,15-29,36-38,76-77H2,1-9H3,(H,78,90)(H,79,89)(H,80,82)(H,81,93)(H,83,84)(H,85,95)/b12-10+,40-11+/t42-,43+,50-,55+,56-,57+,65+,71+,72+/m1/s1. The zero-order valence-corrected chi connectivity index (χ0v) is 63.0. The normalized spacial score (nSPS) is 22.9. The van der Waals surface area contributed by atoms with Gasteiger partial charge >= 0.3 is 12.1 Å². The quantitative estimate of drug-likeness (QED) is 0.0101. The molecule has 564 valence electrons. The van der Waals surface area contributed by atoms with Gasteiger partial charge in [-0.25, -0.2) is 23.9 Å². The molecule has 104 heavy (non-hydrogen) atoms. The number of benzene rings is 3. The Bertz CT molecular complexity index is 3980. The third-order valence-electron chi connectivity index (χ3n) is 19.0. The van der Waals surface area contributed by atoms with Crippen molar-refractivity contribution in [1.29, 1.82) is 0 Å². The van der Waals surface area contributed by atoms with Gasteiger partial charge in [-0.05, 0) is 106 Å². The van der Waals surface area contributed by atoms with Gasteiger partial charge in [-0.2, -0.15) is 0 Å². The van der Waals surface area contributed by atoms with Gasteiger partial charge in [0.2, 0.25) is 29.5 Å². The number of likely N-dealkylation sites (N-methyl/N-ethyl adjacent to an activating group) is 1. The first-order valence-corrected chi connectivity index (χ1v) is 37.8. The number of methoxy groups -OCH3 is 2. The number of carbonyl (C=O) groups is 7. The van der Waals surface area contributed by atoms with E-state index >= 15 is 0 Å². The number of aromatic nitrogens is 3. The number of nitrogens with one attached hydrogen (secondary N) is 6. The number of ether oxygens (including phenoxy) is 6. The molecule has 0 radical (unpaired) electrons. The molecular weight excluding hydrogens is 1420 g/mol. The van der Waals surface area contributed by atoms with Gasteiger partial charge in [0.1, 0.15) is 58.2 Å². The van der Waals surface area contributed by atoms with Crippen LogP contribution in [0.2, 0.25) is 10.0 Å². The number of allylic oxidation sites excluding steroid dienone is 3. The zero-order valence-electron chi connectivity index (χ0n) is 59.9. The van der Waals surface area contributed by atoms with Crippen LogP contribution in [0.15, 0.2) is 78.5 Å². The van der Waals surface area contributed by atoms with E-state index in [2.05, 4.69) is 36.5 Å². The van der Waals surface area contributed by atoms with Gasteiger partial charge in [0, 0.05) is 120 Å². The molecular formula is C72H94Cl2FN13O14S2. The maximum Gasteiger partial charge on any atom is 0.409 e. The SMILES string of the molecule is COc1cc2cc(c1Cl)N(C)C(=O)C[C@H](OC(=O)[C@H](C)N(C)C(=O)CCSSCCNC(=O)CCOCCNC(=O)C[C@@H](N)C(=O)NCCNc1ncc(-c3cc(C)cc(F)c3)c(N3CCC(N)CC3)c1-c1nc3ccc(Cl)cc3[nH]1)[C@]1(C)O[C@H]1[C@H](C)[C@@H]1C[C@@](O)(NC(=O)O1)[C@H](OC)/C=C/C=C(\C)C2. The maximum atomic E-state index is 15.0. The average molecular weight is 1520 g/mol. The van der Waals surface area contributed by atoms with Crippen LogP contribution in [0.5, 0.6) is 5.75 Å². The van der Waals surface area contributed by atoms with Crippen LogP contribution in [0, 0.1) is 18.7 Å². The van der Waals surface area contributed by atoms with Gasteiger partial charge in [0.25, 0.3) is 0 Å². The van der Waals surface area contributed by atoms with Crippen molar-refractivity contribution in [1.82, 2.24) is 41.1 Å². The number of carbonyl (C=O) groups excluding carboxylic acids is 7. The van der Waals surface area contributed by atoms with E-state index in [4.69, 9.17) is 73.1 Å². The van der Waals surface area contributed by atoms with Gasteiger partial charge in [-0.15, -0.1) is 0 Å². The number of aryl methyl sites for hydroxylation is 1. The molecule has 32 heteroatoms. The Morgan fingerprint density at radius 1 is 0.962 bits per heavy atom. The highest BCUT2D eigenvalue weighted by Gasteiger charge is 2.64. The minimum Gasteiger partial charge on any atom is -0.495 e. The summed E-state index contributed by atoms with van der Waals surface area (Å²) in [5.74, 6) is -1.60. The Labute approximate surface area is 622 Å². The Kier molecular flexibility index (Phi) is 28.2. The number of epoxide rings is 1. The van der Waals surface area contributed by atoms with Crippen LogP contribution in [0.25, 0.3) is 33.5 Å². The van der Waals surface area contributed by atoms with Crippen LogP contribution in [0.3, 0.4) is 0 Å². The number of imidazole rings is 1. The number of hydrogen-bond acceptors (Lipinski definition) is 22. The molecule has 3 saturated heterocycles. The Hall–Kier alpha value is -7.78. The number of piperidine rings is 1. The summed E-state index contributed by atoms with van der Waals surface area (Å²) in [5.41, 5.74) is 16.3. The number of nitrogens with two attached hydrogens (primary N) is 2. The largest absolute Gasteiger partial charge is 0.495 e. The number of anilines is 3. The summed E-state index contributed by atoms with van der Waals surface area (Å²) in [7, 11) is 8.80. The van der Waals surface area contributed by atoms with Crippen LogP contribution >= 0.6 is 44.8 Å². The van der Waals surface area contributed by atoms with Crippen molar-refractivity contribution in [3.63, 3.8) is 0 Å². The molecule has 4 aliphatic rings. The molecule has 9 atom stereocenters. The van der Waals surface area contributed by atoms with Crippen molar-refractivity contribution in [3.05, 3.63) is 106 Å². The van der Waals surface area contributed by atoms with E-state index in [1.807, 2.05) is 32.1 Å². The average Bonchev–Trinajstić information content (AvgIpc) is 1.51. The lowest BCUT2D eigenvalue weighted by Crippen LogP contribution is -2.63. The smallest absolute Gasteiger partial charge is 0.409 e. The van der Waals surface area contributed by atoms with E-state index in [1.165, 1.54) is 71.7 Å². The number of halogens is 3. The highest BCUT2D eigenvalue weighted by atomic mass is 35.5. The monoisotopic (exact) mass is 1520 g/mol. The molecule has 6 heterocycles. The molecule has 27 nitrogen and oxygen atoms in total. The topological polar surface area (TPSA) is 362 Å². The van der Waals surface area contributed by atoms with Crippen molar-refractivity contribution >= 4 is 115 Å². The number of alkyl carbamates (subject to hydrolysis) is 1. The second-order valence-electron chi connectivity index (χ2n) is 26.7. The molecule has 9 rings (SSSR count). The molecule has 3 aromatic carbocycles. The third kappa shape index (κ3) is 20.6. The first-order valence-electron chi connectivity index (χ1n) is 34.5. The number of amides is 6. The van der Waals surface area contributed by atoms with Crippen molar-refractivity contribution in [2.75, 3.05) is 107 Å². The lowest BCUT2D eigenvalue weighted by molar-refractivity contribution is -0.162. The number of aliphatic hydroxyl groups is 1. The predicted octanol–water partition coefficient (Wildman–Crippen LogP) is 7.50. The highest BCUT2D eigenvalue weighted by molar-refractivity contribution is 8.76. The highest BCUT2D eigenvalue weighted by Crippen LogP contribution is 2.50. The van der Waals surface area contributed by atoms with Gasteiger partial charge < -0.3 is 85.9 Å². The molecule has 5 aromatic rings. The molecule has 0 aliphatic carbocycles. The van der Waals surface area contributed by atoms with Crippen LogP contribution < -0.4 is 52.6 Å². The first-order chi connectivity index (χ1) is 49.6. The van der Waals surface area contributed by atoms with Crippen LogP contribution in [0.4, 0.5) is 26.4 Å². The number of nitrogens with zero attached hydrogens (tertiary/aromatic N) is 5. The van der Waals surface area contributed by atoms with Crippen LogP contribution in [0.1, 0.15) is 83.8 Å². The van der Waals surface area contributed by atoms with Gasteiger partial charge in [0.05, 0.1) is 73.3 Å². The van der Waals surface area contributed by atoms with Crippen molar-refractivity contribution < 1.29 is 71.5 Å². The number of fused-ring (bicyclic) bond motifs is 6. The molecule has 6 amide bonds. The first kappa shape index (κ1) is 80.3. The fourth-order valence-corrected chi connectivity index (χ4v) is 15.2. The Morgan fingerprint density at radius 2 is 1.71 bits per heavy atom. The molecule has 0 spiro atoms. The minimum absolute atomic E-state index is 0.0372. The van der Waals surface area contributed by atoms with E-state index in [9.17, 15) is 43.1 Å². The molecule has 0 unspecified atom stereocenters. The van der Waals surface area contributed by atoms with Crippen molar-refractivity contribution in [2.24, 2.45) is 17.4 Å². The van der Waals surface area contributed by atoms with E-state index in [-0.39, 0.29) is 93.6 Å². The number of hydrogen-bond donors (Lipinski definition) is 9. The van der Waals surface area contributed by atoms with Gasteiger partial charge in [-0.1, -0.05) is 81.6 Å². The number of rotatable bonds is 28. The Balaban J connectivity index is 0.673. The van der Waals surface area contributed by atoms with Crippen LogP contribution in [-0.4, -0.2) is 213 Å². The van der Waals surface area contributed by atoms with Crippen molar-refractivity contribution in [2.45, 2.75) is 140 Å². The van der Waals surface area contributed by atoms with Crippen molar-refractivity contribution in [3.8, 4) is 28.3 Å². The molecule has 4 bridgehead atoms. The van der Waals surface area contributed by atoms with E-state index < -0.39 is 83.5 Å². The lowest BCUT2D eigenvalue weighted by Gasteiger charge is -2.42. The summed E-state index contributed by atoms with van der Waals surface area (Å²) >= 11 is 13.2. The van der Waals surface area contributed by atoms with E-state index in [0.29, 0.717) is 93.4 Å². The van der Waals surface area contributed by atoms with Gasteiger partial charge in [0.15, 0.2) is 5.72 Å². The summed E-state index contributed by atoms with van der Waals surface area (Å²) in [4.78, 5) is 112. The molecule has 11 N–H and O–H groups in total. The second-order valence-corrected chi connectivity index (χ2v) is 30.2. The van der Waals surface area contributed by atoms with E-state index in [1.54, 1.807) is 63.5 Å². The number of H-pyrrole nitrogens is 1. The summed E-state index contributed by atoms with van der Waals surface area (Å²) < 4.78 is 50.1. The fraction of sp³-hybridized carbons (Fsp3) is 0.514. The summed E-state index contributed by atoms with van der Waals surface area (Å²) in [6.07, 6.45) is 3.47. The van der Waals surface area contributed by atoms with E-state index in [0.717, 1.165) is 35.2 Å². The molecule has 0 saturated carbocycles. The number of pyridine rings is 1. The molecule has 4 aliphatic heterocycles. The number of aromatic amines is 1.